The summed E-state index contributed by atoms with van der Waals surface area (Å²) >= 11 is 0. The fraction of sp³-hybridized carbons (Fsp3) is 0.812. The molecule has 21 heavy (non-hydrogen) atoms. The van der Waals surface area contributed by atoms with Crippen molar-refractivity contribution in [1.29, 1.82) is 0 Å². The minimum atomic E-state index is 0.0167. The van der Waals surface area contributed by atoms with Crippen LogP contribution in [-0.2, 0) is 4.74 Å². The Balaban J connectivity index is 2.65. The van der Waals surface area contributed by atoms with E-state index in [1.807, 2.05) is 6.08 Å². The van der Waals surface area contributed by atoms with Crippen LogP contribution in [-0.4, -0.2) is 61.3 Å². The molecule has 5 nitrogen and oxygen atoms in total. The number of rotatable bonds is 6. The van der Waals surface area contributed by atoms with Gasteiger partial charge in [-0.3, -0.25) is 9.89 Å². The zero-order valence-corrected chi connectivity index (χ0v) is 14.3. The number of ether oxygens (including phenoxy) is 1. The molecule has 2 N–H and O–H groups in total. The highest BCUT2D eigenvalue weighted by Gasteiger charge is 2.33. The van der Waals surface area contributed by atoms with E-state index in [9.17, 15) is 0 Å². The Morgan fingerprint density at radius 3 is 2.48 bits per heavy atom. The topological polar surface area (TPSA) is 48.9 Å². The normalized spacial score (nSPS) is 24.7. The number of hydrogen-bond acceptors (Lipinski definition) is 3. The van der Waals surface area contributed by atoms with Crippen LogP contribution in [0.1, 0.15) is 34.6 Å². The van der Waals surface area contributed by atoms with Gasteiger partial charge < -0.3 is 15.4 Å². The molecule has 122 valence electrons. The number of guanidine groups is 1. The zero-order chi connectivity index (χ0) is 15.9. The van der Waals surface area contributed by atoms with Crippen molar-refractivity contribution in [3.63, 3.8) is 0 Å². The summed E-state index contributed by atoms with van der Waals surface area (Å²) in [5.41, 5.74) is 0.0167. The van der Waals surface area contributed by atoms with Crippen molar-refractivity contribution >= 4 is 5.96 Å². The molecule has 0 aromatic rings. The maximum Gasteiger partial charge on any atom is 0.191 e. The third-order valence-corrected chi connectivity index (χ3v) is 3.66. The van der Waals surface area contributed by atoms with E-state index in [-0.39, 0.29) is 17.7 Å². The molecule has 1 heterocycles. The van der Waals surface area contributed by atoms with Gasteiger partial charge in [0.1, 0.15) is 0 Å². The van der Waals surface area contributed by atoms with Crippen molar-refractivity contribution < 1.29 is 4.74 Å². The van der Waals surface area contributed by atoms with Gasteiger partial charge in [0.25, 0.3) is 0 Å². The van der Waals surface area contributed by atoms with Gasteiger partial charge in [-0.1, -0.05) is 6.08 Å². The van der Waals surface area contributed by atoms with E-state index in [1.54, 1.807) is 0 Å². The number of aliphatic imine (C=N–C) groups is 1. The minimum absolute atomic E-state index is 0.0167. The van der Waals surface area contributed by atoms with Gasteiger partial charge in [-0.25, -0.2) is 0 Å². The van der Waals surface area contributed by atoms with Crippen LogP contribution < -0.4 is 10.6 Å². The van der Waals surface area contributed by atoms with Gasteiger partial charge in [-0.2, -0.15) is 0 Å². The molecule has 1 aliphatic rings. The quantitative estimate of drug-likeness (QED) is 0.444. The highest BCUT2D eigenvalue weighted by molar-refractivity contribution is 5.79. The largest absolute Gasteiger partial charge is 0.373 e. The molecule has 5 heteroatoms. The lowest BCUT2D eigenvalue weighted by Crippen LogP contribution is -2.56. The maximum absolute atomic E-state index is 5.82. The monoisotopic (exact) mass is 296 g/mol. The van der Waals surface area contributed by atoms with Crippen LogP contribution in [0.5, 0.6) is 0 Å². The fourth-order valence-electron chi connectivity index (χ4n) is 2.56. The summed E-state index contributed by atoms with van der Waals surface area (Å²) in [7, 11) is 0. The molecule has 0 saturated carbocycles. The number of nitrogens with zero attached hydrogens (tertiary/aromatic N) is 2. The van der Waals surface area contributed by atoms with Gasteiger partial charge in [-0.05, 0) is 34.6 Å². The first-order valence-corrected chi connectivity index (χ1v) is 7.92. The minimum Gasteiger partial charge on any atom is -0.373 e. The molecule has 1 aliphatic heterocycles. The van der Waals surface area contributed by atoms with Crippen molar-refractivity contribution in [2.45, 2.75) is 52.4 Å². The second kappa shape index (κ2) is 8.39. The van der Waals surface area contributed by atoms with Crippen LogP contribution in [0.2, 0.25) is 0 Å². The number of nitrogens with one attached hydrogen (secondary N) is 2. The molecular formula is C16H32N4O. The molecule has 1 fully saturated rings. The molecule has 1 rings (SSSR count). The van der Waals surface area contributed by atoms with E-state index >= 15 is 0 Å². The molecule has 0 bridgehead atoms. The van der Waals surface area contributed by atoms with Gasteiger partial charge in [0, 0.05) is 31.7 Å². The lowest BCUT2D eigenvalue weighted by molar-refractivity contribution is -0.0939. The van der Waals surface area contributed by atoms with E-state index in [4.69, 9.17) is 9.73 Å². The average Bonchev–Trinajstić information content (AvgIpc) is 2.41. The molecule has 0 aliphatic carbocycles. The van der Waals surface area contributed by atoms with Crippen LogP contribution in [0.3, 0.4) is 0 Å². The van der Waals surface area contributed by atoms with Crippen molar-refractivity contribution in [1.82, 2.24) is 15.5 Å². The standard InChI is InChI=1S/C16H32N4O/c1-7-9-18-15(17-8-2)19-12-16(5,6)20-10-13(3)21-14(4)11-20/h7,13-14H,1,8-12H2,2-6H3,(H2,17,18,19). The predicted molar refractivity (Wildman–Crippen MR) is 89.8 cm³/mol. The van der Waals surface area contributed by atoms with E-state index in [1.165, 1.54) is 0 Å². The van der Waals surface area contributed by atoms with Gasteiger partial charge in [-0.15, -0.1) is 6.58 Å². The molecule has 0 radical (unpaired) electrons. The van der Waals surface area contributed by atoms with Crippen molar-refractivity contribution in [2.24, 2.45) is 4.99 Å². The van der Waals surface area contributed by atoms with Crippen molar-refractivity contribution in [2.75, 3.05) is 32.7 Å². The van der Waals surface area contributed by atoms with E-state index in [0.717, 1.165) is 38.7 Å². The second-order valence-electron chi connectivity index (χ2n) is 6.34. The summed E-state index contributed by atoms with van der Waals surface area (Å²) in [5, 5.41) is 6.50. The molecule has 2 atom stereocenters. The summed E-state index contributed by atoms with van der Waals surface area (Å²) in [6, 6.07) is 0. The van der Waals surface area contributed by atoms with Crippen LogP contribution in [0, 0.1) is 0 Å². The van der Waals surface area contributed by atoms with Crippen molar-refractivity contribution in [3.8, 4) is 0 Å². The number of morpholine rings is 1. The summed E-state index contributed by atoms with van der Waals surface area (Å²) < 4.78 is 5.82. The molecule has 2 unspecified atom stereocenters. The Morgan fingerprint density at radius 1 is 1.33 bits per heavy atom. The van der Waals surface area contributed by atoms with Gasteiger partial charge in [0.2, 0.25) is 0 Å². The maximum atomic E-state index is 5.82. The second-order valence-corrected chi connectivity index (χ2v) is 6.34. The fourth-order valence-corrected chi connectivity index (χ4v) is 2.56. The third kappa shape index (κ3) is 6.06. The molecule has 0 aromatic heterocycles. The SMILES string of the molecule is C=CCNC(=NCC(C)(C)N1CC(C)OC(C)C1)NCC. The first kappa shape index (κ1) is 18.0. The summed E-state index contributed by atoms with van der Waals surface area (Å²) in [4.78, 5) is 7.19. The van der Waals surface area contributed by atoms with Gasteiger partial charge >= 0.3 is 0 Å². The third-order valence-electron chi connectivity index (χ3n) is 3.66. The lowest BCUT2D eigenvalue weighted by Gasteiger charge is -2.44. The first-order chi connectivity index (χ1) is 9.89. The van der Waals surface area contributed by atoms with Crippen LogP contribution >= 0.6 is 0 Å². The Kier molecular flexibility index (Phi) is 7.18. The molecule has 0 aromatic carbocycles. The zero-order valence-electron chi connectivity index (χ0n) is 14.3. The van der Waals surface area contributed by atoms with Crippen molar-refractivity contribution in [3.05, 3.63) is 12.7 Å². The highest BCUT2D eigenvalue weighted by atomic mass is 16.5. The van der Waals surface area contributed by atoms with Crippen LogP contribution in [0.4, 0.5) is 0 Å². The van der Waals surface area contributed by atoms with E-state index in [0.29, 0.717) is 0 Å². The van der Waals surface area contributed by atoms with E-state index in [2.05, 4.69) is 56.7 Å². The Hall–Kier alpha value is -1.07. The average molecular weight is 296 g/mol. The molecular weight excluding hydrogens is 264 g/mol. The molecule has 0 amide bonds. The predicted octanol–water partition coefficient (Wildman–Crippen LogP) is 1.62. The first-order valence-electron chi connectivity index (χ1n) is 7.92. The Morgan fingerprint density at radius 2 is 1.95 bits per heavy atom. The van der Waals surface area contributed by atoms with E-state index < -0.39 is 0 Å². The summed E-state index contributed by atoms with van der Waals surface area (Å²) in [6.07, 6.45) is 2.40. The van der Waals surface area contributed by atoms with Crippen LogP contribution in [0.15, 0.2) is 17.6 Å². The molecule has 1 saturated heterocycles. The van der Waals surface area contributed by atoms with Gasteiger partial charge in [0.05, 0.1) is 18.8 Å². The Labute approximate surface area is 129 Å². The van der Waals surface area contributed by atoms with Crippen LogP contribution in [0.25, 0.3) is 0 Å². The smallest absolute Gasteiger partial charge is 0.191 e. The summed E-state index contributed by atoms with van der Waals surface area (Å²) in [6.45, 7) is 18.8. The Bertz CT molecular complexity index is 344. The highest BCUT2D eigenvalue weighted by Crippen LogP contribution is 2.21. The molecule has 0 spiro atoms. The lowest BCUT2D eigenvalue weighted by atomic mass is 10.0. The summed E-state index contributed by atoms with van der Waals surface area (Å²) in [5.74, 6) is 0.847. The van der Waals surface area contributed by atoms with Gasteiger partial charge in [0.15, 0.2) is 5.96 Å². The number of hydrogen-bond donors (Lipinski definition) is 2.